The Morgan fingerprint density at radius 1 is 1.73 bits per heavy atom. The molecule has 2 heterocycles. The van der Waals surface area contributed by atoms with Crippen LogP contribution in [0.25, 0.3) is 0 Å². The van der Waals surface area contributed by atoms with E-state index in [9.17, 15) is 4.79 Å². The van der Waals surface area contributed by atoms with Gasteiger partial charge in [0.1, 0.15) is 0 Å². The van der Waals surface area contributed by atoms with Crippen LogP contribution in [0, 0.1) is 11.3 Å². The minimum Gasteiger partial charge on any atom is -0.290 e. The molecule has 0 saturated heterocycles. The number of fused-ring (bicyclic) bond motifs is 1. The van der Waals surface area contributed by atoms with Crippen molar-refractivity contribution < 1.29 is 0 Å². The molecule has 0 fully saturated rings. The summed E-state index contributed by atoms with van der Waals surface area (Å²) in [6, 6.07) is 2.03. The van der Waals surface area contributed by atoms with E-state index in [2.05, 4.69) is 4.98 Å². The fraction of sp³-hybridized carbons (Fsp3) is 0.444. The highest BCUT2D eigenvalue weighted by Crippen LogP contribution is 2.27. The Morgan fingerprint density at radius 3 is 3.27 bits per heavy atom. The first kappa shape index (κ1) is 10.6. The molecule has 0 bridgehead atoms. The Balaban J connectivity index is 2.46. The van der Waals surface area contributed by atoms with E-state index in [4.69, 9.17) is 5.26 Å². The average Bonchev–Trinajstić information content (AvgIpc) is 2.69. The first-order valence-corrected chi connectivity index (χ1v) is 6.43. The lowest BCUT2D eigenvalue weighted by Gasteiger charge is -2.06. The fourth-order valence-electron chi connectivity index (χ4n) is 1.39. The van der Waals surface area contributed by atoms with Crippen LogP contribution in [0.4, 0.5) is 0 Å². The topological polar surface area (TPSA) is 58.7 Å². The van der Waals surface area contributed by atoms with Gasteiger partial charge in [-0.05, 0) is 0 Å². The Bertz CT molecular complexity index is 489. The Labute approximate surface area is 95.7 Å². The lowest BCUT2D eigenvalue weighted by molar-refractivity contribution is 0.669. The second kappa shape index (κ2) is 4.29. The summed E-state index contributed by atoms with van der Waals surface area (Å²) in [5.41, 5.74) is 0.909. The highest BCUT2D eigenvalue weighted by molar-refractivity contribution is 7.99. The molecule has 0 spiro atoms. The van der Waals surface area contributed by atoms with E-state index < -0.39 is 0 Å². The first-order valence-electron chi connectivity index (χ1n) is 4.46. The van der Waals surface area contributed by atoms with Gasteiger partial charge in [-0.1, -0.05) is 11.8 Å². The van der Waals surface area contributed by atoms with Gasteiger partial charge >= 0.3 is 0 Å². The van der Waals surface area contributed by atoms with E-state index in [0.29, 0.717) is 10.9 Å². The lowest BCUT2D eigenvalue weighted by atomic mass is 10.3. The molecule has 0 saturated carbocycles. The van der Waals surface area contributed by atoms with Gasteiger partial charge in [-0.3, -0.25) is 9.36 Å². The van der Waals surface area contributed by atoms with Crippen LogP contribution < -0.4 is 5.56 Å². The zero-order valence-electron chi connectivity index (χ0n) is 8.19. The highest BCUT2D eigenvalue weighted by atomic mass is 32.2. The average molecular weight is 239 g/mol. The molecule has 78 valence electrons. The van der Waals surface area contributed by atoms with Crippen LogP contribution >= 0.6 is 23.5 Å². The Hall–Kier alpha value is -0.930. The number of aryl methyl sites for hydroxylation is 1. The molecule has 6 heteroatoms. The van der Waals surface area contributed by atoms with Gasteiger partial charge in [-0.25, -0.2) is 4.98 Å². The predicted molar refractivity (Wildman–Crippen MR) is 60.2 cm³/mol. The SMILES string of the molecule is Cn1c(SCC#N)nc2c(c1=O)SCC2. The van der Waals surface area contributed by atoms with Gasteiger partial charge in [0.2, 0.25) is 0 Å². The van der Waals surface area contributed by atoms with Crippen molar-refractivity contribution in [3.63, 3.8) is 0 Å². The summed E-state index contributed by atoms with van der Waals surface area (Å²) in [4.78, 5) is 17.0. The molecule has 0 N–H and O–H groups in total. The standard InChI is InChI=1S/C9H9N3OS2/c1-12-8(13)7-6(2-4-14-7)11-9(12)15-5-3-10/h2,4-5H2,1H3. The quantitative estimate of drug-likeness (QED) is 0.570. The third-order valence-corrected chi connectivity index (χ3v) is 4.13. The van der Waals surface area contributed by atoms with E-state index in [1.54, 1.807) is 18.8 Å². The molecular formula is C9H9N3OS2. The van der Waals surface area contributed by atoms with Crippen LogP contribution in [0.15, 0.2) is 14.8 Å². The van der Waals surface area contributed by atoms with Gasteiger partial charge in [-0.2, -0.15) is 5.26 Å². The molecule has 0 unspecified atom stereocenters. The van der Waals surface area contributed by atoms with Gasteiger partial charge in [0, 0.05) is 19.2 Å². The molecule has 0 aliphatic carbocycles. The number of thioether (sulfide) groups is 2. The molecule has 1 aromatic rings. The fourth-order valence-corrected chi connectivity index (χ4v) is 3.11. The monoisotopic (exact) mass is 239 g/mol. The third-order valence-electron chi connectivity index (χ3n) is 2.13. The zero-order valence-corrected chi connectivity index (χ0v) is 9.82. The largest absolute Gasteiger partial charge is 0.290 e. The van der Waals surface area contributed by atoms with E-state index in [1.807, 2.05) is 6.07 Å². The summed E-state index contributed by atoms with van der Waals surface area (Å²) in [6.07, 6.45) is 0.857. The van der Waals surface area contributed by atoms with E-state index >= 15 is 0 Å². The molecule has 1 aliphatic heterocycles. The number of hydrogen-bond donors (Lipinski definition) is 0. The minimum absolute atomic E-state index is 0.0166. The number of nitrogens with zero attached hydrogens (tertiary/aromatic N) is 3. The van der Waals surface area contributed by atoms with Crippen molar-refractivity contribution in [3.05, 3.63) is 16.0 Å². The normalized spacial score (nSPS) is 13.6. The molecular weight excluding hydrogens is 230 g/mol. The number of hydrogen-bond acceptors (Lipinski definition) is 5. The van der Waals surface area contributed by atoms with E-state index in [0.717, 1.165) is 22.8 Å². The predicted octanol–water partition coefficient (Wildman–Crippen LogP) is 1.04. The van der Waals surface area contributed by atoms with Crippen molar-refractivity contribution in [2.24, 2.45) is 7.05 Å². The molecule has 0 atom stereocenters. The highest BCUT2D eigenvalue weighted by Gasteiger charge is 2.19. The van der Waals surface area contributed by atoms with Gasteiger partial charge in [0.05, 0.1) is 22.4 Å². The maximum Gasteiger partial charge on any atom is 0.267 e. The summed E-state index contributed by atoms with van der Waals surface area (Å²) in [6.45, 7) is 0. The zero-order chi connectivity index (χ0) is 10.8. The van der Waals surface area contributed by atoms with Crippen molar-refractivity contribution in [2.45, 2.75) is 16.5 Å². The second-order valence-corrected chi connectivity index (χ2v) is 5.13. The number of aromatic nitrogens is 2. The molecule has 1 aromatic heterocycles. The van der Waals surface area contributed by atoms with Crippen LogP contribution in [0.5, 0.6) is 0 Å². The smallest absolute Gasteiger partial charge is 0.267 e. The van der Waals surface area contributed by atoms with E-state index in [1.165, 1.54) is 16.3 Å². The second-order valence-electron chi connectivity index (χ2n) is 3.08. The van der Waals surface area contributed by atoms with Crippen LogP contribution in [-0.4, -0.2) is 21.1 Å². The molecule has 2 rings (SSSR count). The van der Waals surface area contributed by atoms with Crippen LogP contribution in [0.1, 0.15) is 5.69 Å². The maximum atomic E-state index is 11.9. The molecule has 0 radical (unpaired) electrons. The maximum absolute atomic E-state index is 11.9. The minimum atomic E-state index is 0.0166. The summed E-state index contributed by atoms with van der Waals surface area (Å²) in [5.74, 6) is 1.26. The van der Waals surface area contributed by atoms with Crippen molar-refractivity contribution >= 4 is 23.5 Å². The molecule has 0 amide bonds. The van der Waals surface area contributed by atoms with Crippen molar-refractivity contribution in [1.29, 1.82) is 5.26 Å². The third kappa shape index (κ3) is 1.90. The van der Waals surface area contributed by atoms with Crippen LogP contribution in [0.2, 0.25) is 0 Å². The van der Waals surface area contributed by atoms with Crippen molar-refractivity contribution in [2.75, 3.05) is 11.5 Å². The Kier molecular flexibility index (Phi) is 3.03. The van der Waals surface area contributed by atoms with Gasteiger partial charge in [0.25, 0.3) is 5.56 Å². The molecule has 1 aliphatic rings. The number of rotatable bonds is 2. The van der Waals surface area contributed by atoms with Gasteiger partial charge in [0.15, 0.2) is 5.16 Å². The number of nitriles is 1. The summed E-state index contributed by atoms with van der Waals surface area (Å²) in [5, 5.41) is 9.13. The van der Waals surface area contributed by atoms with Gasteiger partial charge < -0.3 is 0 Å². The first-order chi connectivity index (χ1) is 7.24. The summed E-state index contributed by atoms with van der Waals surface area (Å²) in [7, 11) is 1.70. The van der Waals surface area contributed by atoms with E-state index in [-0.39, 0.29) is 5.56 Å². The Morgan fingerprint density at radius 2 is 2.53 bits per heavy atom. The molecule has 4 nitrogen and oxygen atoms in total. The van der Waals surface area contributed by atoms with Crippen molar-refractivity contribution in [3.8, 4) is 6.07 Å². The summed E-state index contributed by atoms with van der Waals surface area (Å²) >= 11 is 2.88. The lowest BCUT2D eigenvalue weighted by Crippen LogP contribution is -2.22. The summed E-state index contributed by atoms with van der Waals surface area (Å²) < 4.78 is 1.53. The van der Waals surface area contributed by atoms with Crippen LogP contribution in [-0.2, 0) is 13.5 Å². The molecule has 15 heavy (non-hydrogen) atoms. The van der Waals surface area contributed by atoms with Crippen molar-refractivity contribution in [1.82, 2.24) is 9.55 Å². The molecule has 0 aromatic carbocycles. The van der Waals surface area contributed by atoms with Crippen LogP contribution in [0.3, 0.4) is 0 Å². The van der Waals surface area contributed by atoms with Gasteiger partial charge in [-0.15, -0.1) is 11.8 Å².